The van der Waals surface area contributed by atoms with Gasteiger partial charge in [0, 0.05) is 29.9 Å². The summed E-state index contributed by atoms with van der Waals surface area (Å²) in [5, 5.41) is 2.94. The summed E-state index contributed by atoms with van der Waals surface area (Å²) in [5.41, 5.74) is 7.97. The second-order valence-electron chi connectivity index (χ2n) is 8.80. The van der Waals surface area contributed by atoms with Crippen molar-refractivity contribution in [3.8, 4) is 22.5 Å². The maximum absolute atomic E-state index is 12.5. The maximum Gasteiger partial charge on any atom is 0.407 e. The number of benzene rings is 3. The number of nitrogens with one attached hydrogen (secondary N) is 1. The van der Waals surface area contributed by atoms with Crippen LogP contribution in [-0.2, 0) is 11.2 Å². The number of hydrogen-bond acceptors (Lipinski definition) is 4. The normalized spacial score (nSPS) is 13.1. The molecule has 5 rings (SSSR count). The molecule has 170 valence electrons. The van der Waals surface area contributed by atoms with Crippen LogP contribution in [0.15, 0.2) is 85.2 Å². The number of aryl methyl sites for hydroxylation is 1. The zero-order chi connectivity index (χ0) is 23.5. The Bertz CT molecular complexity index is 1270. The molecule has 1 aliphatic rings. The summed E-state index contributed by atoms with van der Waals surface area (Å²) in [6.07, 6.45) is 3.86. The Labute approximate surface area is 199 Å². The highest BCUT2D eigenvalue weighted by molar-refractivity contribution is 5.79. The van der Waals surface area contributed by atoms with Gasteiger partial charge in [-0.05, 0) is 53.6 Å². The standard InChI is InChI=1S/C29H27N3O2/c1-19-9-3-4-10-22(19)28-30-16-21(17-31-28)15-20(2)32-29(33)34-18-27-25-13-7-5-11-23(25)24-12-6-8-14-26(24)27/h3-14,16-17,20,27H,15,18H2,1-2H3,(H,32,33)/t20-/m0/s1. The molecule has 1 amide bonds. The van der Waals surface area contributed by atoms with Crippen LogP contribution in [0.2, 0.25) is 0 Å². The minimum absolute atomic E-state index is 0.0517. The third kappa shape index (κ3) is 4.42. The molecule has 5 nitrogen and oxygen atoms in total. The van der Waals surface area contributed by atoms with Crippen molar-refractivity contribution < 1.29 is 9.53 Å². The van der Waals surface area contributed by atoms with E-state index in [1.807, 2.05) is 74.8 Å². The van der Waals surface area contributed by atoms with Crippen LogP contribution in [0, 0.1) is 6.92 Å². The SMILES string of the molecule is Cc1ccccc1-c1ncc(C[C@H](C)NC(=O)OCC2c3ccccc3-c3ccccc32)cn1. The predicted octanol–water partition coefficient (Wildman–Crippen LogP) is 5.92. The van der Waals surface area contributed by atoms with E-state index in [4.69, 9.17) is 4.74 Å². The third-order valence-electron chi connectivity index (χ3n) is 6.34. The van der Waals surface area contributed by atoms with Gasteiger partial charge in [-0.25, -0.2) is 14.8 Å². The first-order chi connectivity index (χ1) is 16.6. The average molecular weight is 450 g/mol. The molecule has 0 unspecified atom stereocenters. The monoisotopic (exact) mass is 449 g/mol. The molecule has 1 aliphatic carbocycles. The molecule has 0 bridgehead atoms. The largest absolute Gasteiger partial charge is 0.449 e. The van der Waals surface area contributed by atoms with Crippen LogP contribution in [0.3, 0.4) is 0 Å². The summed E-state index contributed by atoms with van der Waals surface area (Å²) in [5.74, 6) is 0.759. The maximum atomic E-state index is 12.5. The number of alkyl carbamates (subject to hydrolysis) is 1. The predicted molar refractivity (Wildman–Crippen MR) is 134 cm³/mol. The van der Waals surface area contributed by atoms with Crippen molar-refractivity contribution in [2.24, 2.45) is 0 Å². The molecule has 5 heteroatoms. The Morgan fingerprint density at radius 3 is 2.06 bits per heavy atom. The lowest BCUT2D eigenvalue weighted by Gasteiger charge is -2.17. The van der Waals surface area contributed by atoms with E-state index in [9.17, 15) is 4.79 Å². The lowest BCUT2D eigenvalue weighted by atomic mass is 9.98. The van der Waals surface area contributed by atoms with E-state index in [0.717, 1.165) is 16.7 Å². The highest BCUT2D eigenvalue weighted by Gasteiger charge is 2.29. The van der Waals surface area contributed by atoms with Crippen LogP contribution in [-0.4, -0.2) is 28.7 Å². The number of ether oxygens (including phenoxy) is 1. The van der Waals surface area contributed by atoms with Gasteiger partial charge in [0.25, 0.3) is 0 Å². The van der Waals surface area contributed by atoms with E-state index in [2.05, 4.69) is 39.6 Å². The quantitative estimate of drug-likeness (QED) is 0.397. The first-order valence-corrected chi connectivity index (χ1v) is 11.6. The molecular weight excluding hydrogens is 422 g/mol. The molecule has 0 spiro atoms. The van der Waals surface area contributed by atoms with E-state index < -0.39 is 6.09 Å². The Morgan fingerprint density at radius 2 is 1.44 bits per heavy atom. The summed E-state index contributed by atoms with van der Waals surface area (Å²) < 4.78 is 5.66. The number of fused-ring (bicyclic) bond motifs is 3. The van der Waals surface area contributed by atoms with Crippen LogP contribution in [0.5, 0.6) is 0 Å². The van der Waals surface area contributed by atoms with Gasteiger partial charge in [0.2, 0.25) is 0 Å². The molecule has 0 saturated carbocycles. The number of rotatable bonds is 6. The summed E-state index contributed by atoms with van der Waals surface area (Å²) in [6.45, 7) is 4.31. The molecule has 0 fully saturated rings. The third-order valence-corrected chi connectivity index (χ3v) is 6.34. The fourth-order valence-corrected chi connectivity index (χ4v) is 4.67. The van der Waals surface area contributed by atoms with E-state index in [-0.39, 0.29) is 12.0 Å². The van der Waals surface area contributed by atoms with Crippen LogP contribution < -0.4 is 5.32 Å². The molecule has 1 atom stereocenters. The molecular formula is C29H27N3O2. The van der Waals surface area contributed by atoms with Gasteiger partial charge in [-0.1, -0.05) is 72.8 Å². The van der Waals surface area contributed by atoms with Crippen LogP contribution in [0.4, 0.5) is 4.79 Å². The lowest BCUT2D eigenvalue weighted by Crippen LogP contribution is -2.35. The van der Waals surface area contributed by atoms with Gasteiger partial charge in [0.05, 0.1) is 0 Å². The molecule has 1 aromatic heterocycles. The Balaban J connectivity index is 1.18. The molecule has 0 radical (unpaired) electrons. The topological polar surface area (TPSA) is 64.1 Å². The number of aromatic nitrogens is 2. The van der Waals surface area contributed by atoms with Crippen molar-refractivity contribution in [1.82, 2.24) is 15.3 Å². The molecule has 3 aromatic carbocycles. The van der Waals surface area contributed by atoms with Crippen molar-refractivity contribution in [2.75, 3.05) is 6.61 Å². The van der Waals surface area contributed by atoms with Gasteiger partial charge in [-0.3, -0.25) is 0 Å². The van der Waals surface area contributed by atoms with Crippen LogP contribution in [0.25, 0.3) is 22.5 Å². The van der Waals surface area contributed by atoms with Gasteiger partial charge in [-0.15, -0.1) is 0 Å². The van der Waals surface area contributed by atoms with E-state index in [1.165, 1.54) is 22.3 Å². The Kier molecular flexibility index (Phi) is 6.09. The van der Waals surface area contributed by atoms with E-state index in [1.54, 1.807) is 0 Å². The Hall–Kier alpha value is -3.99. The number of carbonyl (C=O) groups is 1. The van der Waals surface area contributed by atoms with Crippen molar-refractivity contribution in [1.29, 1.82) is 0 Å². The van der Waals surface area contributed by atoms with E-state index >= 15 is 0 Å². The van der Waals surface area contributed by atoms with Gasteiger partial charge >= 0.3 is 6.09 Å². The fourth-order valence-electron chi connectivity index (χ4n) is 4.67. The summed E-state index contributed by atoms with van der Waals surface area (Å²) in [4.78, 5) is 21.6. The van der Waals surface area contributed by atoms with E-state index in [0.29, 0.717) is 18.9 Å². The lowest BCUT2D eigenvalue weighted by molar-refractivity contribution is 0.139. The smallest absolute Gasteiger partial charge is 0.407 e. The van der Waals surface area contributed by atoms with Crippen LogP contribution in [0.1, 0.15) is 35.1 Å². The van der Waals surface area contributed by atoms with Crippen molar-refractivity contribution in [3.05, 3.63) is 107 Å². The molecule has 4 aromatic rings. The minimum Gasteiger partial charge on any atom is -0.449 e. The van der Waals surface area contributed by atoms with Gasteiger partial charge in [0.1, 0.15) is 6.61 Å². The first kappa shape index (κ1) is 21.8. The molecule has 34 heavy (non-hydrogen) atoms. The Morgan fingerprint density at radius 1 is 0.882 bits per heavy atom. The fraction of sp³-hybridized carbons (Fsp3) is 0.207. The zero-order valence-electron chi connectivity index (χ0n) is 19.4. The molecule has 1 heterocycles. The van der Waals surface area contributed by atoms with Crippen LogP contribution >= 0.6 is 0 Å². The number of hydrogen-bond donors (Lipinski definition) is 1. The van der Waals surface area contributed by atoms with Crippen molar-refractivity contribution >= 4 is 6.09 Å². The number of carbonyl (C=O) groups excluding carboxylic acids is 1. The summed E-state index contributed by atoms with van der Waals surface area (Å²) in [7, 11) is 0. The summed E-state index contributed by atoms with van der Waals surface area (Å²) in [6, 6.07) is 24.6. The minimum atomic E-state index is -0.410. The molecule has 1 N–H and O–H groups in total. The van der Waals surface area contributed by atoms with Gasteiger partial charge in [0.15, 0.2) is 5.82 Å². The zero-order valence-corrected chi connectivity index (χ0v) is 19.4. The number of nitrogens with zero attached hydrogens (tertiary/aromatic N) is 2. The van der Waals surface area contributed by atoms with Gasteiger partial charge < -0.3 is 10.1 Å². The van der Waals surface area contributed by atoms with Crippen molar-refractivity contribution in [2.45, 2.75) is 32.2 Å². The average Bonchev–Trinajstić information content (AvgIpc) is 3.17. The second-order valence-corrected chi connectivity index (χ2v) is 8.80. The van der Waals surface area contributed by atoms with Gasteiger partial charge in [-0.2, -0.15) is 0 Å². The second kappa shape index (κ2) is 9.48. The highest BCUT2D eigenvalue weighted by Crippen LogP contribution is 2.44. The summed E-state index contributed by atoms with van der Waals surface area (Å²) >= 11 is 0. The first-order valence-electron chi connectivity index (χ1n) is 11.6. The van der Waals surface area contributed by atoms with Crippen molar-refractivity contribution in [3.63, 3.8) is 0 Å². The number of amides is 1. The molecule has 0 saturated heterocycles. The molecule has 0 aliphatic heterocycles. The highest BCUT2D eigenvalue weighted by atomic mass is 16.5.